The lowest BCUT2D eigenvalue weighted by Gasteiger charge is -2.45. The van der Waals surface area contributed by atoms with Gasteiger partial charge < -0.3 is 9.80 Å². The van der Waals surface area contributed by atoms with Gasteiger partial charge in [0.1, 0.15) is 5.82 Å². The van der Waals surface area contributed by atoms with Crippen LogP contribution in [-0.2, 0) is 17.4 Å². The first-order valence-electron chi connectivity index (χ1n) is 13.7. The van der Waals surface area contributed by atoms with Crippen molar-refractivity contribution in [3.8, 4) is 0 Å². The molecule has 2 aliphatic heterocycles. The van der Waals surface area contributed by atoms with Gasteiger partial charge in [-0.3, -0.25) is 9.69 Å². The molecule has 3 aromatic rings. The Balaban J connectivity index is 1.18. The van der Waals surface area contributed by atoms with Gasteiger partial charge in [0.05, 0.1) is 12.1 Å². The number of carbonyl (C=O) groups is 1. The number of rotatable bonds is 6. The molecule has 0 N–H and O–H groups in total. The van der Waals surface area contributed by atoms with Crippen molar-refractivity contribution in [2.75, 3.05) is 37.6 Å². The summed E-state index contributed by atoms with van der Waals surface area (Å²) in [6.07, 6.45) is 1.78. The highest BCUT2D eigenvalue weighted by molar-refractivity contribution is 7.19. The normalized spacial score (nSPS) is 20.9. The van der Waals surface area contributed by atoms with Crippen molar-refractivity contribution in [2.45, 2.75) is 58.3 Å². The minimum Gasteiger partial charge on any atom is -0.354 e. The molecule has 2 atom stereocenters. The maximum Gasteiger partial charge on any atom is 0.417 e. The number of pyridine rings is 1. The Morgan fingerprint density at radius 2 is 1.87 bits per heavy atom. The van der Waals surface area contributed by atoms with Crippen LogP contribution < -0.4 is 4.90 Å². The Kier molecular flexibility index (Phi) is 8.01. The average molecular weight is 557 g/mol. The number of alkyl halides is 3. The van der Waals surface area contributed by atoms with Crippen molar-refractivity contribution in [3.63, 3.8) is 0 Å². The summed E-state index contributed by atoms with van der Waals surface area (Å²) >= 11 is 1.87. The predicted octanol–water partition coefficient (Wildman–Crippen LogP) is 6.48. The van der Waals surface area contributed by atoms with Crippen LogP contribution in [0.1, 0.15) is 49.6 Å². The molecule has 1 amide bonds. The summed E-state index contributed by atoms with van der Waals surface area (Å²) in [6, 6.07) is 11.6. The molecule has 0 saturated carbocycles. The molecule has 2 aromatic heterocycles. The van der Waals surface area contributed by atoms with Crippen molar-refractivity contribution < 1.29 is 18.0 Å². The zero-order chi connectivity index (χ0) is 27.7. The van der Waals surface area contributed by atoms with E-state index in [9.17, 15) is 18.0 Å². The van der Waals surface area contributed by atoms with E-state index in [-0.39, 0.29) is 18.0 Å². The standard InChI is InChI=1S/C30H35F3N4OS/c1-4-5-26-15-24-14-23(6-8-27(24)39-26)22-10-12-35(13-11-22)29(38)19-37-20(2)17-36(18-21(37)3)28-9-7-25(16-34-28)30(31,32)33/h6-10,14-16,20-21H,4-5,11-13,17-19H2,1-3H3/t20-,21+. The number of hydrogen-bond donors (Lipinski definition) is 0. The molecular formula is C30H35F3N4OS. The van der Waals surface area contributed by atoms with Gasteiger partial charge in [0.25, 0.3) is 0 Å². The van der Waals surface area contributed by atoms with Gasteiger partial charge in [0.2, 0.25) is 5.91 Å². The van der Waals surface area contributed by atoms with Crippen LogP contribution >= 0.6 is 11.3 Å². The van der Waals surface area contributed by atoms with Crippen LogP contribution in [-0.4, -0.2) is 65.5 Å². The Morgan fingerprint density at radius 1 is 1.10 bits per heavy atom. The van der Waals surface area contributed by atoms with E-state index < -0.39 is 11.7 Å². The Bertz CT molecular complexity index is 1340. The van der Waals surface area contributed by atoms with E-state index >= 15 is 0 Å². The minimum absolute atomic E-state index is 0.0626. The van der Waals surface area contributed by atoms with Crippen LogP contribution in [0.15, 0.2) is 48.7 Å². The Morgan fingerprint density at radius 3 is 2.49 bits per heavy atom. The van der Waals surface area contributed by atoms with Gasteiger partial charge in [-0.15, -0.1) is 11.3 Å². The molecule has 0 aliphatic carbocycles. The lowest BCUT2D eigenvalue weighted by atomic mass is 9.98. The number of fused-ring (bicyclic) bond motifs is 1. The van der Waals surface area contributed by atoms with Gasteiger partial charge in [-0.05, 0) is 73.5 Å². The SMILES string of the molecule is CCCc1cc2cc(C3=CCN(C(=O)CN4[C@H](C)CN(c5ccc(C(F)(F)F)cn5)C[C@@H]4C)CC3)ccc2s1. The fraction of sp³-hybridized carbons (Fsp3) is 0.467. The number of piperazine rings is 1. The highest BCUT2D eigenvalue weighted by Gasteiger charge is 2.34. The fourth-order valence-corrected chi connectivity index (χ4v) is 6.82. The van der Waals surface area contributed by atoms with Crippen LogP contribution in [0.4, 0.5) is 19.0 Å². The van der Waals surface area contributed by atoms with E-state index in [2.05, 4.69) is 61.0 Å². The summed E-state index contributed by atoms with van der Waals surface area (Å²) in [4.78, 5) is 24.9. The zero-order valence-electron chi connectivity index (χ0n) is 22.7. The molecule has 208 valence electrons. The van der Waals surface area contributed by atoms with Gasteiger partial charge in [0, 0.05) is 54.0 Å². The third kappa shape index (κ3) is 6.14. The smallest absolute Gasteiger partial charge is 0.354 e. The van der Waals surface area contributed by atoms with Crippen LogP contribution in [0.3, 0.4) is 0 Å². The van der Waals surface area contributed by atoms with E-state index in [1.54, 1.807) is 0 Å². The second-order valence-corrected chi connectivity index (χ2v) is 11.9. The molecule has 1 fully saturated rings. The number of thiophene rings is 1. The highest BCUT2D eigenvalue weighted by atomic mass is 32.1. The third-order valence-corrected chi connectivity index (χ3v) is 8.99. The number of nitrogens with zero attached hydrogens (tertiary/aromatic N) is 4. The third-order valence-electron chi connectivity index (χ3n) is 7.81. The molecule has 1 aromatic carbocycles. The molecule has 2 aliphatic rings. The molecule has 0 radical (unpaired) electrons. The Labute approximate surface area is 231 Å². The molecular weight excluding hydrogens is 521 g/mol. The van der Waals surface area contributed by atoms with Gasteiger partial charge >= 0.3 is 6.18 Å². The number of carbonyl (C=O) groups excluding carboxylic acids is 1. The summed E-state index contributed by atoms with van der Waals surface area (Å²) in [5.74, 6) is 0.645. The van der Waals surface area contributed by atoms with E-state index in [1.165, 1.54) is 32.2 Å². The van der Waals surface area contributed by atoms with Crippen LogP contribution in [0.5, 0.6) is 0 Å². The summed E-state index contributed by atoms with van der Waals surface area (Å²) in [6.45, 7) is 9.16. The molecule has 9 heteroatoms. The molecule has 4 heterocycles. The monoisotopic (exact) mass is 556 g/mol. The molecule has 39 heavy (non-hydrogen) atoms. The average Bonchev–Trinajstić information content (AvgIpc) is 3.32. The van der Waals surface area contributed by atoms with Gasteiger partial charge in [-0.25, -0.2) is 4.98 Å². The van der Waals surface area contributed by atoms with Gasteiger partial charge in [0.15, 0.2) is 0 Å². The summed E-state index contributed by atoms with van der Waals surface area (Å²) < 4.78 is 40.0. The van der Waals surface area contributed by atoms with Gasteiger partial charge in [-0.1, -0.05) is 25.5 Å². The molecule has 0 unspecified atom stereocenters. The largest absolute Gasteiger partial charge is 0.417 e. The molecule has 1 saturated heterocycles. The number of hydrogen-bond acceptors (Lipinski definition) is 5. The van der Waals surface area contributed by atoms with E-state index in [0.717, 1.165) is 31.5 Å². The number of aromatic nitrogens is 1. The molecule has 0 bridgehead atoms. The zero-order valence-corrected chi connectivity index (χ0v) is 23.5. The van der Waals surface area contributed by atoms with E-state index in [1.807, 2.05) is 21.1 Å². The molecule has 0 spiro atoms. The number of amides is 1. The second kappa shape index (κ2) is 11.3. The first-order valence-corrected chi connectivity index (χ1v) is 14.5. The van der Waals surface area contributed by atoms with Crippen molar-refractivity contribution in [1.29, 1.82) is 0 Å². The lowest BCUT2D eigenvalue weighted by Crippen LogP contribution is -2.59. The first kappa shape index (κ1) is 27.6. The maximum absolute atomic E-state index is 13.2. The second-order valence-electron chi connectivity index (χ2n) is 10.7. The lowest BCUT2D eigenvalue weighted by molar-refractivity contribution is -0.137. The van der Waals surface area contributed by atoms with Crippen molar-refractivity contribution in [2.24, 2.45) is 0 Å². The van der Waals surface area contributed by atoms with E-state index in [4.69, 9.17) is 0 Å². The number of halogens is 3. The summed E-state index contributed by atoms with van der Waals surface area (Å²) in [7, 11) is 0. The molecule has 5 nitrogen and oxygen atoms in total. The number of anilines is 1. The Hall–Kier alpha value is -2.91. The van der Waals surface area contributed by atoms with Crippen LogP contribution in [0, 0.1) is 0 Å². The van der Waals surface area contributed by atoms with Crippen LogP contribution in [0.25, 0.3) is 15.7 Å². The minimum atomic E-state index is -4.40. The topological polar surface area (TPSA) is 39.7 Å². The van der Waals surface area contributed by atoms with Crippen molar-refractivity contribution >= 4 is 38.7 Å². The fourth-order valence-electron chi connectivity index (χ4n) is 5.68. The highest BCUT2D eigenvalue weighted by Crippen LogP contribution is 2.32. The maximum atomic E-state index is 13.2. The van der Waals surface area contributed by atoms with Crippen molar-refractivity contribution in [1.82, 2.24) is 14.8 Å². The first-order chi connectivity index (χ1) is 18.6. The summed E-state index contributed by atoms with van der Waals surface area (Å²) in [5, 5.41) is 1.30. The number of aryl methyl sites for hydroxylation is 1. The van der Waals surface area contributed by atoms with E-state index in [0.29, 0.717) is 38.5 Å². The van der Waals surface area contributed by atoms with Gasteiger partial charge in [-0.2, -0.15) is 13.2 Å². The summed E-state index contributed by atoms with van der Waals surface area (Å²) in [5.41, 5.74) is 1.79. The van der Waals surface area contributed by atoms with Crippen LogP contribution in [0.2, 0.25) is 0 Å². The predicted molar refractivity (Wildman–Crippen MR) is 152 cm³/mol. The quantitative estimate of drug-likeness (QED) is 0.348. The molecule has 5 rings (SSSR count). The van der Waals surface area contributed by atoms with Crippen molar-refractivity contribution in [3.05, 3.63) is 64.7 Å². The number of benzene rings is 1.